The van der Waals surface area contributed by atoms with Crippen molar-refractivity contribution in [1.82, 2.24) is 10.2 Å². The summed E-state index contributed by atoms with van der Waals surface area (Å²) in [6, 6.07) is 20.4. The highest BCUT2D eigenvalue weighted by molar-refractivity contribution is 6.10. The number of methoxy groups -OCH3 is 1. The molecule has 0 bridgehead atoms. The molecule has 3 aromatic rings. The number of hydrogen-bond acceptors (Lipinski definition) is 4. The summed E-state index contributed by atoms with van der Waals surface area (Å²) in [6.45, 7) is 2.68. The van der Waals surface area contributed by atoms with Crippen LogP contribution in [0.3, 0.4) is 0 Å². The predicted molar refractivity (Wildman–Crippen MR) is 121 cm³/mol. The van der Waals surface area contributed by atoms with Crippen molar-refractivity contribution in [3.63, 3.8) is 0 Å². The van der Waals surface area contributed by atoms with Gasteiger partial charge in [0.25, 0.3) is 5.91 Å². The molecule has 2 aliphatic heterocycles. The van der Waals surface area contributed by atoms with E-state index in [0.29, 0.717) is 12.0 Å². The third-order valence-electron chi connectivity index (χ3n) is 6.62. The molecule has 0 spiro atoms. The van der Waals surface area contributed by atoms with Crippen LogP contribution in [0.15, 0.2) is 60.7 Å². The Kier molecular flexibility index (Phi) is 5.20. The quantitative estimate of drug-likeness (QED) is 0.662. The lowest BCUT2D eigenvalue weighted by atomic mass is 9.94. The zero-order chi connectivity index (χ0) is 21.4. The number of carbonyl (C=O) groups excluding carboxylic acids is 2. The topological polar surface area (TPSA) is 58.6 Å². The number of likely N-dealkylation sites (tertiary alicyclic amines) is 1. The molecule has 0 radical (unpaired) electrons. The average Bonchev–Trinajstić information content (AvgIpc) is 3.40. The van der Waals surface area contributed by atoms with E-state index in [1.54, 1.807) is 0 Å². The van der Waals surface area contributed by atoms with Crippen molar-refractivity contribution in [3.05, 3.63) is 71.8 Å². The number of rotatable bonds is 4. The number of nitrogens with zero attached hydrogens (tertiary/aromatic N) is 1. The Morgan fingerprint density at radius 1 is 1.03 bits per heavy atom. The Morgan fingerprint density at radius 3 is 2.68 bits per heavy atom. The van der Waals surface area contributed by atoms with Gasteiger partial charge in [-0.05, 0) is 52.4 Å². The van der Waals surface area contributed by atoms with Gasteiger partial charge in [0, 0.05) is 24.7 Å². The van der Waals surface area contributed by atoms with Gasteiger partial charge in [-0.25, -0.2) is 0 Å². The molecule has 5 rings (SSSR count). The number of hydrogen-bond donors (Lipinski definition) is 1. The Bertz CT molecular complexity index is 1140. The normalized spacial score (nSPS) is 20.1. The number of amides is 1. The highest BCUT2D eigenvalue weighted by Gasteiger charge is 2.38. The van der Waals surface area contributed by atoms with Crippen molar-refractivity contribution in [2.45, 2.75) is 18.9 Å². The van der Waals surface area contributed by atoms with E-state index in [-0.39, 0.29) is 18.3 Å². The third-order valence-corrected chi connectivity index (χ3v) is 6.62. The Labute approximate surface area is 182 Å². The van der Waals surface area contributed by atoms with Gasteiger partial charge >= 0.3 is 5.97 Å². The molecule has 2 atom stereocenters. The van der Waals surface area contributed by atoms with Crippen LogP contribution < -0.4 is 5.32 Å². The number of ether oxygens (including phenoxy) is 1. The van der Waals surface area contributed by atoms with E-state index >= 15 is 0 Å². The molecule has 0 aromatic heterocycles. The van der Waals surface area contributed by atoms with Crippen LogP contribution in [0, 0.1) is 5.92 Å². The summed E-state index contributed by atoms with van der Waals surface area (Å²) in [5.41, 5.74) is 3.74. The van der Waals surface area contributed by atoms with Crippen molar-refractivity contribution in [2.75, 3.05) is 26.7 Å². The van der Waals surface area contributed by atoms with E-state index < -0.39 is 0 Å². The van der Waals surface area contributed by atoms with Gasteiger partial charge in [0.05, 0.1) is 13.5 Å². The molecular formula is C26H26N2O3. The molecule has 1 N–H and O–H groups in total. The van der Waals surface area contributed by atoms with Crippen LogP contribution in [0.4, 0.5) is 0 Å². The maximum atomic E-state index is 13.4. The summed E-state index contributed by atoms with van der Waals surface area (Å²) in [7, 11) is 1.40. The van der Waals surface area contributed by atoms with Crippen molar-refractivity contribution in [3.8, 4) is 11.1 Å². The average molecular weight is 415 g/mol. The smallest absolute Gasteiger partial charge is 0.309 e. The van der Waals surface area contributed by atoms with Crippen LogP contribution in [0.2, 0.25) is 0 Å². The highest BCUT2D eigenvalue weighted by atomic mass is 16.5. The molecule has 2 saturated heterocycles. The minimum absolute atomic E-state index is 0.110. The molecule has 31 heavy (non-hydrogen) atoms. The summed E-state index contributed by atoms with van der Waals surface area (Å²) in [4.78, 5) is 27.1. The maximum absolute atomic E-state index is 13.4. The van der Waals surface area contributed by atoms with Gasteiger partial charge in [0.2, 0.25) is 0 Å². The monoisotopic (exact) mass is 414 g/mol. The minimum atomic E-state index is -0.257. The molecule has 0 aliphatic carbocycles. The van der Waals surface area contributed by atoms with Crippen LogP contribution in [0.5, 0.6) is 0 Å². The lowest BCUT2D eigenvalue weighted by Gasteiger charge is -2.19. The first-order valence-corrected chi connectivity index (χ1v) is 10.8. The molecular weight excluding hydrogens is 388 g/mol. The van der Waals surface area contributed by atoms with E-state index in [1.165, 1.54) is 7.11 Å². The zero-order valence-electron chi connectivity index (χ0n) is 17.6. The summed E-state index contributed by atoms with van der Waals surface area (Å²) < 4.78 is 4.80. The van der Waals surface area contributed by atoms with Crippen molar-refractivity contribution in [1.29, 1.82) is 0 Å². The molecule has 1 amide bonds. The van der Waals surface area contributed by atoms with Crippen LogP contribution in [0.1, 0.15) is 22.3 Å². The Morgan fingerprint density at radius 2 is 1.84 bits per heavy atom. The lowest BCUT2D eigenvalue weighted by molar-refractivity contribution is -0.139. The SMILES string of the molecule is COC(=O)Cc1cccc(-c2cccc3c(C(=O)N4C[C@@H]5CCN[C@@H]5C4)cccc23)c1. The van der Waals surface area contributed by atoms with Gasteiger partial charge in [0.1, 0.15) is 0 Å². The maximum Gasteiger partial charge on any atom is 0.309 e. The van der Waals surface area contributed by atoms with E-state index in [4.69, 9.17) is 4.74 Å². The van der Waals surface area contributed by atoms with Crippen LogP contribution >= 0.6 is 0 Å². The largest absolute Gasteiger partial charge is 0.469 e. The number of carbonyl (C=O) groups is 2. The van der Waals surface area contributed by atoms with Gasteiger partial charge in [-0.15, -0.1) is 0 Å². The number of benzene rings is 3. The van der Waals surface area contributed by atoms with Gasteiger partial charge in [-0.2, -0.15) is 0 Å². The second-order valence-corrected chi connectivity index (χ2v) is 8.48. The molecule has 5 nitrogen and oxygen atoms in total. The first-order valence-electron chi connectivity index (χ1n) is 10.8. The Balaban J connectivity index is 1.50. The van der Waals surface area contributed by atoms with Gasteiger partial charge in [-0.1, -0.05) is 54.6 Å². The fourth-order valence-corrected chi connectivity index (χ4v) is 5.02. The molecule has 5 heteroatoms. The molecule has 2 aliphatic rings. The molecule has 2 heterocycles. The minimum Gasteiger partial charge on any atom is -0.469 e. The first kappa shape index (κ1) is 19.8. The Hall–Kier alpha value is -3.18. The number of nitrogens with one attached hydrogen (secondary N) is 1. The van der Waals surface area contributed by atoms with Gasteiger partial charge < -0.3 is 15.0 Å². The molecule has 2 fully saturated rings. The zero-order valence-corrected chi connectivity index (χ0v) is 17.6. The third kappa shape index (κ3) is 3.70. The second kappa shape index (κ2) is 8.16. The van der Waals surface area contributed by atoms with Crippen LogP contribution in [0.25, 0.3) is 21.9 Å². The van der Waals surface area contributed by atoms with Crippen molar-refractivity contribution >= 4 is 22.6 Å². The summed E-state index contributed by atoms with van der Waals surface area (Å²) >= 11 is 0. The molecule has 158 valence electrons. The van der Waals surface area contributed by atoms with E-state index in [2.05, 4.69) is 17.4 Å². The predicted octanol–water partition coefficient (Wildman–Crippen LogP) is 3.66. The summed E-state index contributed by atoms with van der Waals surface area (Å²) in [5.74, 6) is 0.429. The van der Waals surface area contributed by atoms with E-state index in [9.17, 15) is 9.59 Å². The fraction of sp³-hybridized carbons (Fsp3) is 0.308. The van der Waals surface area contributed by atoms with Crippen molar-refractivity contribution < 1.29 is 14.3 Å². The second-order valence-electron chi connectivity index (χ2n) is 8.48. The van der Waals surface area contributed by atoms with Crippen molar-refractivity contribution in [2.24, 2.45) is 5.92 Å². The summed E-state index contributed by atoms with van der Waals surface area (Å²) in [5, 5.41) is 5.53. The van der Waals surface area contributed by atoms with Crippen LogP contribution in [-0.2, 0) is 16.0 Å². The molecule has 0 saturated carbocycles. The fourth-order valence-electron chi connectivity index (χ4n) is 5.02. The van der Waals surface area contributed by atoms with E-state index in [0.717, 1.165) is 59.1 Å². The molecule has 3 aromatic carbocycles. The van der Waals surface area contributed by atoms with E-state index in [1.807, 2.05) is 53.4 Å². The standard InChI is InChI=1S/C26H26N2O3/c1-31-25(29)14-17-5-2-6-18(13-17)20-7-3-9-22-21(20)8-4-10-23(22)26(30)28-15-19-11-12-27-24(19)16-28/h2-10,13,19,24,27H,11-12,14-16H2,1H3/t19-,24+/m0/s1. The van der Waals surface area contributed by atoms with Crippen LogP contribution in [-0.4, -0.2) is 49.6 Å². The summed E-state index contributed by atoms with van der Waals surface area (Å²) in [6.07, 6.45) is 1.39. The molecule has 0 unspecified atom stereocenters. The highest BCUT2D eigenvalue weighted by Crippen LogP contribution is 2.33. The lowest BCUT2D eigenvalue weighted by Crippen LogP contribution is -2.34. The van der Waals surface area contributed by atoms with Gasteiger partial charge in [-0.3, -0.25) is 9.59 Å². The first-order chi connectivity index (χ1) is 15.1. The number of esters is 1. The number of fused-ring (bicyclic) bond motifs is 2. The van der Waals surface area contributed by atoms with Gasteiger partial charge in [0.15, 0.2) is 0 Å².